The summed E-state index contributed by atoms with van der Waals surface area (Å²) in [6.45, 7) is 1.67. The van der Waals surface area contributed by atoms with Gasteiger partial charge in [0.2, 0.25) is 0 Å². The summed E-state index contributed by atoms with van der Waals surface area (Å²) < 4.78 is 11.4. The van der Waals surface area contributed by atoms with Crippen molar-refractivity contribution in [3.8, 4) is 11.4 Å². The van der Waals surface area contributed by atoms with E-state index in [-0.39, 0.29) is 0 Å². The number of aryl methyl sites for hydroxylation is 2. The van der Waals surface area contributed by atoms with Gasteiger partial charge in [-0.3, -0.25) is 0 Å². The molecule has 2 heterocycles. The van der Waals surface area contributed by atoms with Crippen molar-refractivity contribution in [2.75, 3.05) is 7.11 Å². The molecule has 0 radical (unpaired) electrons. The van der Waals surface area contributed by atoms with Gasteiger partial charge in [-0.1, -0.05) is 5.16 Å². The van der Waals surface area contributed by atoms with Crippen LogP contribution < -0.4 is 0 Å². The lowest BCUT2D eigenvalue weighted by Gasteiger charge is -2.00. The van der Waals surface area contributed by atoms with E-state index in [9.17, 15) is 4.79 Å². The Morgan fingerprint density at radius 3 is 2.88 bits per heavy atom. The van der Waals surface area contributed by atoms with Crippen LogP contribution in [0, 0.1) is 6.92 Å². The quantitative estimate of drug-likeness (QED) is 0.712. The van der Waals surface area contributed by atoms with Gasteiger partial charge in [-0.15, -0.1) is 0 Å². The summed E-state index contributed by atoms with van der Waals surface area (Å²) in [5.74, 6) is -0.0296. The number of esters is 1. The van der Waals surface area contributed by atoms with Gasteiger partial charge >= 0.3 is 5.97 Å². The van der Waals surface area contributed by atoms with E-state index in [0.29, 0.717) is 22.7 Å². The van der Waals surface area contributed by atoms with Crippen LogP contribution in [0.1, 0.15) is 16.1 Å². The molecule has 2 aromatic heterocycles. The van der Waals surface area contributed by atoms with Crippen molar-refractivity contribution < 1.29 is 14.1 Å². The third-order valence-electron chi connectivity index (χ3n) is 2.31. The molecule has 2 rings (SSSR count). The fourth-order valence-corrected chi connectivity index (χ4v) is 1.47. The Labute approximate surface area is 91.8 Å². The summed E-state index contributed by atoms with van der Waals surface area (Å²) in [7, 11) is 3.13. The highest BCUT2D eigenvalue weighted by atomic mass is 16.5. The zero-order chi connectivity index (χ0) is 11.7. The Kier molecular flexibility index (Phi) is 2.47. The van der Waals surface area contributed by atoms with Crippen molar-refractivity contribution in [2.24, 2.45) is 7.05 Å². The summed E-state index contributed by atoms with van der Waals surface area (Å²) in [6, 6.07) is 0. The number of imidazole rings is 1. The molecule has 2 aromatic rings. The number of methoxy groups -OCH3 is 1. The van der Waals surface area contributed by atoms with Gasteiger partial charge in [-0.25, -0.2) is 9.78 Å². The van der Waals surface area contributed by atoms with E-state index in [2.05, 4.69) is 14.9 Å². The fourth-order valence-electron chi connectivity index (χ4n) is 1.47. The van der Waals surface area contributed by atoms with E-state index in [1.165, 1.54) is 7.11 Å². The van der Waals surface area contributed by atoms with Crippen LogP contribution in [0.25, 0.3) is 11.4 Å². The molecule has 0 spiro atoms. The van der Waals surface area contributed by atoms with Crippen LogP contribution in [-0.4, -0.2) is 27.8 Å². The van der Waals surface area contributed by atoms with E-state index < -0.39 is 5.97 Å². The second kappa shape index (κ2) is 3.80. The molecular weight excluding hydrogens is 210 g/mol. The highest BCUT2D eigenvalue weighted by Crippen LogP contribution is 2.24. The average molecular weight is 221 g/mol. The van der Waals surface area contributed by atoms with Crippen molar-refractivity contribution in [1.82, 2.24) is 14.7 Å². The predicted molar refractivity (Wildman–Crippen MR) is 54.8 cm³/mol. The second-order valence-corrected chi connectivity index (χ2v) is 3.34. The maximum Gasteiger partial charge on any atom is 0.343 e. The monoisotopic (exact) mass is 221 g/mol. The number of ether oxygens (including phenoxy) is 1. The van der Waals surface area contributed by atoms with Gasteiger partial charge < -0.3 is 13.8 Å². The third kappa shape index (κ3) is 1.48. The van der Waals surface area contributed by atoms with E-state index in [1.807, 2.05) is 7.05 Å². The molecule has 0 aliphatic carbocycles. The Morgan fingerprint density at radius 2 is 2.31 bits per heavy atom. The molecule has 0 atom stereocenters. The molecule has 0 aromatic carbocycles. The molecule has 6 heteroatoms. The Balaban J connectivity index is 2.59. The molecule has 84 valence electrons. The summed E-state index contributed by atoms with van der Waals surface area (Å²) in [4.78, 5) is 15.5. The highest BCUT2D eigenvalue weighted by Gasteiger charge is 2.23. The van der Waals surface area contributed by atoms with Crippen molar-refractivity contribution in [2.45, 2.75) is 6.92 Å². The minimum absolute atomic E-state index is 0.339. The molecular formula is C10H11N3O3. The Morgan fingerprint density at radius 1 is 1.56 bits per heavy atom. The molecule has 0 aliphatic rings. The fraction of sp³-hybridized carbons (Fsp3) is 0.300. The SMILES string of the molecule is COC(=O)c1c(-c2cncn2C)noc1C. The van der Waals surface area contributed by atoms with Crippen LogP contribution in [-0.2, 0) is 11.8 Å². The first-order valence-corrected chi connectivity index (χ1v) is 4.66. The van der Waals surface area contributed by atoms with Gasteiger partial charge in [0, 0.05) is 7.05 Å². The first-order chi connectivity index (χ1) is 7.65. The topological polar surface area (TPSA) is 70.2 Å². The van der Waals surface area contributed by atoms with Crippen molar-refractivity contribution >= 4 is 5.97 Å². The number of aromatic nitrogens is 3. The highest BCUT2D eigenvalue weighted by molar-refractivity contribution is 5.96. The van der Waals surface area contributed by atoms with E-state index >= 15 is 0 Å². The largest absolute Gasteiger partial charge is 0.465 e. The van der Waals surface area contributed by atoms with E-state index in [4.69, 9.17) is 4.52 Å². The van der Waals surface area contributed by atoms with Gasteiger partial charge in [0.05, 0.1) is 25.3 Å². The maximum absolute atomic E-state index is 11.6. The van der Waals surface area contributed by atoms with Crippen LogP contribution >= 0.6 is 0 Å². The number of hydrogen-bond acceptors (Lipinski definition) is 5. The lowest BCUT2D eigenvalue weighted by Crippen LogP contribution is -2.04. The van der Waals surface area contributed by atoms with Gasteiger partial charge in [0.25, 0.3) is 0 Å². The molecule has 0 saturated heterocycles. The standard InChI is InChI=1S/C10H11N3O3/c1-6-8(10(14)15-3)9(12-16-6)7-4-11-5-13(7)2/h4-5H,1-3H3. The van der Waals surface area contributed by atoms with Crippen molar-refractivity contribution in [1.29, 1.82) is 0 Å². The lowest BCUT2D eigenvalue weighted by molar-refractivity contribution is 0.0599. The molecule has 0 saturated carbocycles. The molecule has 0 N–H and O–H groups in total. The normalized spacial score (nSPS) is 10.4. The smallest absolute Gasteiger partial charge is 0.343 e. The maximum atomic E-state index is 11.6. The van der Waals surface area contributed by atoms with E-state index in [1.54, 1.807) is 24.0 Å². The molecule has 0 aliphatic heterocycles. The molecule has 0 amide bonds. The number of hydrogen-bond donors (Lipinski definition) is 0. The van der Waals surface area contributed by atoms with Gasteiger partial charge in [0.1, 0.15) is 17.0 Å². The van der Waals surface area contributed by atoms with Crippen molar-refractivity contribution in [3.63, 3.8) is 0 Å². The van der Waals surface area contributed by atoms with Gasteiger partial charge in [-0.2, -0.15) is 0 Å². The third-order valence-corrected chi connectivity index (χ3v) is 2.31. The van der Waals surface area contributed by atoms with Crippen LogP contribution in [0.2, 0.25) is 0 Å². The average Bonchev–Trinajstić information content (AvgIpc) is 2.83. The molecule has 16 heavy (non-hydrogen) atoms. The van der Waals surface area contributed by atoms with Crippen LogP contribution in [0.15, 0.2) is 17.0 Å². The lowest BCUT2D eigenvalue weighted by atomic mass is 10.1. The number of nitrogens with zero attached hydrogens (tertiary/aromatic N) is 3. The minimum Gasteiger partial charge on any atom is -0.465 e. The second-order valence-electron chi connectivity index (χ2n) is 3.34. The zero-order valence-corrected chi connectivity index (χ0v) is 9.22. The summed E-state index contributed by atoms with van der Waals surface area (Å²) in [5, 5.41) is 3.85. The summed E-state index contributed by atoms with van der Waals surface area (Å²) >= 11 is 0. The molecule has 6 nitrogen and oxygen atoms in total. The Bertz CT molecular complexity index is 527. The van der Waals surface area contributed by atoms with E-state index in [0.717, 1.165) is 0 Å². The van der Waals surface area contributed by atoms with Crippen molar-refractivity contribution in [3.05, 3.63) is 23.8 Å². The summed E-state index contributed by atoms with van der Waals surface area (Å²) in [5.41, 5.74) is 1.49. The van der Waals surface area contributed by atoms with Gasteiger partial charge in [-0.05, 0) is 6.92 Å². The molecule has 0 bridgehead atoms. The Hall–Kier alpha value is -2.11. The minimum atomic E-state index is -0.463. The first kappa shape index (κ1) is 10.4. The number of carbonyl (C=O) groups excluding carboxylic acids is 1. The predicted octanol–water partition coefficient (Wildman–Crippen LogP) is 1.17. The molecule has 0 fully saturated rings. The number of rotatable bonds is 2. The number of carbonyl (C=O) groups is 1. The summed E-state index contributed by atoms with van der Waals surface area (Å²) in [6.07, 6.45) is 3.24. The van der Waals surface area contributed by atoms with Crippen LogP contribution in [0.4, 0.5) is 0 Å². The first-order valence-electron chi connectivity index (χ1n) is 4.66. The van der Waals surface area contributed by atoms with Crippen LogP contribution in [0.3, 0.4) is 0 Å². The zero-order valence-electron chi connectivity index (χ0n) is 9.22. The van der Waals surface area contributed by atoms with Gasteiger partial charge in [0.15, 0.2) is 0 Å². The van der Waals surface area contributed by atoms with Crippen LogP contribution in [0.5, 0.6) is 0 Å². The molecule has 0 unspecified atom stereocenters.